The van der Waals surface area contributed by atoms with Gasteiger partial charge in [0.1, 0.15) is 0 Å². The number of carbonyl (C=O) groups is 2. The maximum Gasteiger partial charge on any atom is 0.321 e. The van der Waals surface area contributed by atoms with E-state index in [4.69, 9.17) is 11.6 Å². The standard InChI is InChI=1S/C20H20ClN3O2/c21-15-6-7-17(16(10-15)14-4-2-1-3-5-14)23-19(26)24-9-8-20(13-24)11-18(25)22-12-20/h1-7,10H,8-9,11-13H2,(H,22,25)(H,23,26). The smallest absolute Gasteiger partial charge is 0.321 e. The van der Waals surface area contributed by atoms with Gasteiger partial charge in [-0.25, -0.2) is 4.79 Å². The summed E-state index contributed by atoms with van der Waals surface area (Å²) in [6.45, 7) is 1.92. The number of likely N-dealkylation sites (tertiary alicyclic amines) is 1. The third-order valence-electron chi connectivity index (χ3n) is 5.23. The molecule has 0 radical (unpaired) electrons. The van der Waals surface area contributed by atoms with Crippen LogP contribution in [0.15, 0.2) is 48.5 Å². The molecule has 2 aromatic rings. The van der Waals surface area contributed by atoms with E-state index in [0.717, 1.165) is 23.2 Å². The first-order valence-corrected chi connectivity index (χ1v) is 9.10. The van der Waals surface area contributed by atoms with Crippen LogP contribution in [-0.4, -0.2) is 36.5 Å². The second kappa shape index (κ2) is 6.65. The summed E-state index contributed by atoms with van der Waals surface area (Å²) in [6.07, 6.45) is 1.36. The molecule has 1 atom stereocenters. The van der Waals surface area contributed by atoms with Gasteiger partial charge in [0.05, 0.1) is 5.69 Å². The summed E-state index contributed by atoms with van der Waals surface area (Å²) in [5.41, 5.74) is 2.51. The average molecular weight is 370 g/mol. The molecule has 2 heterocycles. The van der Waals surface area contributed by atoms with Gasteiger partial charge in [0, 0.05) is 42.1 Å². The van der Waals surface area contributed by atoms with Crippen molar-refractivity contribution in [2.45, 2.75) is 12.8 Å². The molecular formula is C20H20ClN3O2. The molecule has 0 saturated carbocycles. The summed E-state index contributed by atoms with van der Waals surface area (Å²) in [5, 5.41) is 6.53. The van der Waals surface area contributed by atoms with Crippen molar-refractivity contribution in [3.8, 4) is 11.1 Å². The lowest BCUT2D eigenvalue weighted by atomic mass is 9.86. The molecule has 6 heteroatoms. The summed E-state index contributed by atoms with van der Waals surface area (Å²) in [4.78, 5) is 26.1. The molecule has 0 aliphatic carbocycles. The number of amides is 3. The van der Waals surface area contributed by atoms with E-state index in [2.05, 4.69) is 10.6 Å². The molecule has 2 N–H and O–H groups in total. The molecule has 2 aliphatic heterocycles. The van der Waals surface area contributed by atoms with Gasteiger partial charge in [-0.15, -0.1) is 0 Å². The Morgan fingerprint density at radius 2 is 2.00 bits per heavy atom. The summed E-state index contributed by atoms with van der Waals surface area (Å²) >= 11 is 6.16. The first-order valence-electron chi connectivity index (χ1n) is 8.72. The molecule has 2 fully saturated rings. The largest absolute Gasteiger partial charge is 0.355 e. The Morgan fingerprint density at radius 3 is 2.73 bits per heavy atom. The average Bonchev–Trinajstić information content (AvgIpc) is 3.23. The van der Waals surface area contributed by atoms with Crippen LogP contribution in [0.2, 0.25) is 5.02 Å². The highest BCUT2D eigenvalue weighted by Crippen LogP contribution is 2.37. The second-order valence-corrected chi connectivity index (χ2v) is 7.55. The van der Waals surface area contributed by atoms with Gasteiger partial charge in [-0.2, -0.15) is 0 Å². The highest BCUT2D eigenvalue weighted by atomic mass is 35.5. The Balaban J connectivity index is 1.53. The third kappa shape index (κ3) is 3.27. The number of halogens is 1. The maximum absolute atomic E-state index is 12.8. The Bertz CT molecular complexity index is 855. The van der Waals surface area contributed by atoms with E-state index < -0.39 is 0 Å². The van der Waals surface area contributed by atoms with Crippen molar-refractivity contribution in [3.63, 3.8) is 0 Å². The predicted molar refractivity (Wildman–Crippen MR) is 102 cm³/mol. The fourth-order valence-electron chi connectivity index (χ4n) is 3.83. The van der Waals surface area contributed by atoms with Gasteiger partial charge in [-0.1, -0.05) is 41.9 Å². The highest BCUT2D eigenvalue weighted by Gasteiger charge is 2.45. The number of nitrogens with zero attached hydrogens (tertiary/aromatic N) is 1. The van der Waals surface area contributed by atoms with Gasteiger partial charge in [0.25, 0.3) is 0 Å². The van der Waals surface area contributed by atoms with E-state index in [0.29, 0.717) is 31.1 Å². The van der Waals surface area contributed by atoms with Crippen molar-refractivity contribution in [1.29, 1.82) is 0 Å². The van der Waals surface area contributed by atoms with E-state index in [9.17, 15) is 9.59 Å². The Kier molecular flexibility index (Phi) is 4.32. The molecule has 1 unspecified atom stereocenters. The van der Waals surface area contributed by atoms with E-state index in [-0.39, 0.29) is 17.4 Å². The molecule has 5 nitrogen and oxygen atoms in total. The summed E-state index contributed by atoms with van der Waals surface area (Å²) in [5.74, 6) is 0.0799. The monoisotopic (exact) mass is 369 g/mol. The predicted octanol–water partition coefficient (Wildman–Crippen LogP) is 3.75. The van der Waals surface area contributed by atoms with Crippen LogP contribution in [0, 0.1) is 5.41 Å². The molecule has 26 heavy (non-hydrogen) atoms. The lowest BCUT2D eigenvalue weighted by molar-refractivity contribution is -0.119. The van der Waals surface area contributed by atoms with Crippen LogP contribution in [0.4, 0.5) is 10.5 Å². The van der Waals surface area contributed by atoms with E-state index in [1.807, 2.05) is 42.5 Å². The van der Waals surface area contributed by atoms with Crippen LogP contribution in [0.3, 0.4) is 0 Å². The quantitative estimate of drug-likeness (QED) is 0.846. The molecule has 4 rings (SSSR count). The molecule has 2 aromatic carbocycles. The number of hydrogen-bond acceptors (Lipinski definition) is 2. The zero-order valence-corrected chi connectivity index (χ0v) is 15.1. The molecule has 2 saturated heterocycles. The highest BCUT2D eigenvalue weighted by molar-refractivity contribution is 6.31. The molecule has 0 bridgehead atoms. The van der Waals surface area contributed by atoms with Crippen LogP contribution >= 0.6 is 11.6 Å². The van der Waals surface area contributed by atoms with Crippen LogP contribution in [0.1, 0.15) is 12.8 Å². The molecule has 3 amide bonds. The van der Waals surface area contributed by atoms with Crippen molar-refractivity contribution in [3.05, 3.63) is 53.6 Å². The fraction of sp³-hybridized carbons (Fsp3) is 0.300. The minimum atomic E-state index is -0.138. The van der Waals surface area contributed by atoms with E-state index in [1.165, 1.54) is 0 Å². The van der Waals surface area contributed by atoms with Gasteiger partial charge >= 0.3 is 6.03 Å². The molecule has 1 spiro atoms. The van der Waals surface area contributed by atoms with E-state index in [1.54, 1.807) is 11.0 Å². The van der Waals surface area contributed by atoms with Crippen LogP contribution in [0.5, 0.6) is 0 Å². The normalized spacial score (nSPS) is 21.9. The van der Waals surface area contributed by atoms with Gasteiger partial charge < -0.3 is 15.5 Å². The van der Waals surface area contributed by atoms with Crippen LogP contribution in [-0.2, 0) is 4.79 Å². The number of nitrogens with one attached hydrogen (secondary N) is 2. The van der Waals surface area contributed by atoms with Crippen LogP contribution < -0.4 is 10.6 Å². The van der Waals surface area contributed by atoms with Crippen molar-refractivity contribution in [2.24, 2.45) is 5.41 Å². The number of hydrogen-bond donors (Lipinski definition) is 2. The maximum atomic E-state index is 12.8. The third-order valence-corrected chi connectivity index (χ3v) is 5.46. The van der Waals surface area contributed by atoms with E-state index >= 15 is 0 Å². The zero-order chi connectivity index (χ0) is 18.1. The topological polar surface area (TPSA) is 61.4 Å². The first-order chi connectivity index (χ1) is 12.5. The van der Waals surface area contributed by atoms with Crippen molar-refractivity contribution >= 4 is 29.2 Å². The van der Waals surface area contributed by atoms with Crippen LogP contribution in [0.25, 0.3) is 11.1 Å². The fourth-order valence-corrected chi connectivity index (χ4v) is 4.00. The number of carbonyl (C=O) groups excluding carboxylic acids is 2. The summed E-state index contributed by atoms with van der Waals surface area (Å²) in [7, 11) is 0. The molecule has 2 aliphatic rings. The minimum Gasteiger partial charge on any atom is -0.355 e. The Labute approximate surface area is 157 Å². The first kappa shape index (κ1) is 16.9. The molecule has 134 valence electrons. The summed E-state index contributed by atoms with van der Waals surface area (Å²) < 4.78 is 0. The van der Waals surface area contributed by atoms with Crippen molar-refractivity contribution in [2.75, 3.05) is 25.0 Å². The van der Waals surface area contributed by atoms with Gasteiger partial charge in [0.15, 0.2) is 0 Å². The Morgan fingerprint density at radius 1 is 1.19 bits per heavy atom. The number of rotatable bonds is 2. The molecular weight excluding hydrogens is 350 g/mol. The number of benzene rings is 2. The zero-order valence-electron chi connectivity index (χ0n) is 14.3. The lowest BCUT2D eigenvalue weighted by Crippen LogP contribution is -2.36. The SMILES string of the molecule is O=C1CC2(CCN(C(=O)Nc3ccc(Cl)cc3-c3ccccc3)C2)CN1. The Hall–Kier alpha value is -2.53. The number of urea groups is 1. The minimum absolute atomic E-state index is 0.0799. The molecule has 0 aromatic heterocycles. The second-order valence-electron chi connectivity index (χ2n) is 7.11. The number of anilines is 1. The summed E-state index contributed by atoms with van der Waals surface area (Å²) in [6, 6.07) is 15.2. The van der Waals surface area contributed by atoms with Gasteiger partial charge in [-0.05, 0) is 30.2 Å². The van der Waals surface area contributed by atoms with Crippen molar-refractivity contribution in [1.82, 2.24) is 10.2 Å². The van der Waals surface area contributed by atoms with Gasteiger partial charge in [-0.3, -0.25) is 4.79 Å². The van der Waals surface area contributed by atoms with Crippen molar-refractivity contribution < 1.29 is 9.59 Å². The lowest BCUT2D eigenvalue weighted by Gasteiger charge is -2.22. The van der Waals surface area contributed by atoms with Gasteiger partial charge in [0.2, 0.25) is 5.91 Å².